The van der Waals surface area contributed by atoms with Crippen LogP contribution >= 0.6 is 0 Å². The van der Waals surface area contributed by atoms with Crippen molar-refractivity contribution < 1.29 is 4.92 Å². The largest absolute Gasteiger partial charge is 0.354 e. The van der Waals surface area contributed by atoms with Crippen LogP contribution in [-0.2, 0) is 0 Å². The molecule has 1 heterocycles. The number of nitro groups is 1. The molecule has 4 nitrogen and oxygen atoms in total. The van der Waals surface area contributed by atoms with E-state index in [0.717, 1.165) is 33.1 Å². The number of para-hydroxylation sites is 1. The molecule has 0 spiro atoms. The van der Waals surface area contributed by atoms with Crippen LogP contribution in [0, 0.1) is 10.1 Å². The number of allylic oxidation sites excluding steroid dienone is 1. The monoisotopic (exact) mass is 328 g/mol. The number of hydrogen-bond donors (Lipinski definition) is 1. The van der Waals surface area contributed by atoms with Gasteiger partial charge < -0.3 is 4.98 Å². The van der Waals surface area contributed by atoms with Crippen molar-refractivity contribution in [3.63, 3.8) is 0 Å². The Hall–Kier alpha value is -3.40. The normalized spacial score (nSPS) is 12.0. The smallest absolute Gasteiger partial charge is 0.243 e. The molecule has 0 aliphatic carbocycles. The number of hydrogen-bond acceptors (Lipinski definition) is 2. The van der Waals surface area contributed by atoms with Crippen LogP contribution in [0.5, 0.6) is 0 Å². The highest BCUT2D eigenvalue weighted by Gasteiger charge is 2.14. The molecule has 0 aliphatic heterocycles. The number of H-pyrrole nitrogens is 1. The molecular formula is C21H16N2O2. The third kappa shape index (κ3) is 2.68. The first-order valence-corrected chi connectivity index (χ1v) is 8.06. The van der Waals surface area contributed by atoms with Crippen molar-refractivity contribution in [1.82, 2.24) is 4.98 Å². The van der Waals surface area contributed by atoms with Gasteiger partial charge in [-0.15, -0.1) is 0 Å². The Morgan fingerprint density at radius 2 is 1.72 bits per heavy atom. The van der Waals surface area contributed by atoms with Crippen LogP contribution in [0.25, 0.3) is 39.0 Å². The fraction of sp³-hybridized carbons (Fsp3) is 0.0476. The molecule has 0 saturated heterocycles. The summed E-state index contributed by atoms with van der Waals surface area (Å²) in [5.41, 5.74) is 3.84. The summed E-state index contributed by atoms with van der Waals surface area (Å²) in [5, 5.41) is 14.4. The molecule has 0 bridgehead atoms. The van der Waals surface area contributed by atoms with E-state index in [1.165, 1.54) is 12.3 Å². The molecular weight excluding hydrogens is 312 g/mol. The van der Waals surface area contributed by atoms with E-state index in [1.54, 1.807) is 6.08 Å². The van der Waals surface area contributed by atoms with Gasteiger partial charge in [-0.2, -0.15) is 0 Å². The van der Waals surface area contributed by atoms with Gasteiger partial charge in [0.25, 0.3) is 0 Å². The van der Waals surface area contributed by atoms with Crippen molar-refractivity contribution in [2.45, 2.75) is 6.92 Å². The van der Waals surface area contributed by atoms with E-state index in [2.05, 4.69) is 29.2 Å². The van der Waals surface area contributed by atoms with Gasteiger partial charge in [0.15, 0.2) is 0 Å². The van der Waals surface area contributed by atoms with E-state index in [4.69, 9.17) is 0 Å². The highest BCUT2D eigenvalue weighted by Crippen LogP contribution is 2.33. The molecule has 4 heteroatoms. The lowest BCUT2D eigenvalue weighted by Crippen LogP contribution is -1.93. The molecule has 0 aliphatic rings. The predicted molar refractivity (Wildman–Crippen MR) is 102 cm³/mol. The summed E-state index contributed by atoms with van der Waals surface area (Å²) in [4.78, 5) is 14.2. The fourth-order valence-corrected chi connectivity index (χ4v) is 3.15. The van der Waals surface area contributed by atoms with Gasteiger partial charge in [0.1, 0.15) is 0 Å². The lowest BCUT2D eigenvalue weighted by molar-refractivity contribution is -0.422. The van der Waals surface area contributed by atoms with E-state index in [9.17, 15) is 10.1 Å². The van der Waals surface area contributed by atoms with Crippen LogP contribution in [-0.4, -0.2) is 9.91 Å². The number of aromatic nitrogens is 1. The van der Waals surface area contributed by atoms with Gasteiger partial charge in [-0.3, -0.25) is 10.1 Å². The summed E-state index contributed by atoms with van der Waals surface area (Å²) < 4.78 is 0. The van der Waals surface area contributed by atoms with Crippen LogP contribution in [0.2, 0.25) is 0 Å². The first kappa shape index (κ1) is 15.1. The third-order valence-electron chi connectivity index (χ3n) is 4.43. The molecule has 3 aromatic carbocycles. The highest BCUT2D eigenvalue weighted by molar-refractivity contribution is 5.98. The lowest BCUT2D eigenvalue weighted by Gasteiger charge is -2.04. The predicted octanol–water partition coefficient (Wildman–Crippen LogP) is 5.63. The molecule has 0 radical (unpaired) electrons. The summed E-state index contributed by atoms with van der Waals surface area (Å²) in [6.45, 7) is 1.52. The fourth-order valence-electron chi connectivity index (χ4n) is 3.15. The first-order valence-electron chi connectivity index (χ1n) is 8.06. The first-order chi connectivity index (χ1) is 12.1. The number of nitrogens with one attached hydrogen (secondary N) is 1. The molecule has 122 valence electrons. The molecule has 1 aromatic heterocycles. The molecule has 0 atom stereocenters. The maximum Gasteiger partial charge on any atom is 0.243 e. The van der Waals surface area contributed by atoms with Crippen molar-refractivity contribution in [2.24, 2.45) is 0 Å². The second kappa shape index (κ2) is 5.91. The lowest BCUT2D eigenvalue weighted by atomic mass is 10.0. The van der Waals surface area contributed by atoms with Crippen molar-refractivity contribution in [3.8, 4) is 11.3 Å². The second-order valence-corrected chi connectivity index (χ2v) is 6.06. The Morgan fingerprint density at radius 1 is 1.00 bits per heavy atom. The minimum atomic E-state index is -0.355. The molecule has 0 amide bonds. The maximum absolute atomic E-state index is 11.1. The van der Waals surface area contributed by atoms with Gasteiger partial charge in [0, 0.05) is 29.5 Å². The topological polar surface area (TPSA) is 58.9 Å². The summed E-state index contributed by atoms with van der Waals surface area (Å²) in [7, 11) is 0. The highest BCUT2D eigenvalue weighted by atomic mass is 16.6. The van der Waals surface area contributed by atoms with Gasteiger partial charge in [0.2, 0.25) is 5.70 Å². The third-order valence-corrected chi connectivity index (χ3v) is 4.43. The van der Waals surface area contributed by atoms with Crippen LogP contribution in [0.4, 0.5) is 0 Å². The number of rotatable bonds is 3. The quantitative estimate of drug-likeness (QED) is 0.391. The van der Waals surface area contributed by atoms with Crippen molar-refractivity contribution >= 4 is 27.8 Å². The van der Waals surface area contributed by atoms with Gasteiger partial charge >= 0.3 is 0 Å². The maximum atomic E-state index is 11.1. The number of nitrogens with zero attached hydrogens (tertiary/aromatic N) is 1. The van der Waals surface area contributed by atoms with E-state index < -0.39 is 0 Å². The van der Waals surface area contributed by atoms with Gasteiger partial charge in [0.05, 0.1) is 10.6 Å². The second-order valence-electron chi connectivity index (χ2n) is 6.06. The SMILES string of the molecule is C/C(=C\c1c(-c2ccc3ccccc3c2)[nH]c2ccccc12)[N+](=O)[O-]. The van der Waals surface area contributed by atoms with Crippen LogP contribution < -0.4 is 0 Å². The standard InChI is InChI=1S/C21H16N2O2/c1-14(23(24)25)12-19-18-8-4-5-9-20(18)22-21(19)17-11-10-15-6-2-3-7-16(15)13-17/h2-13,22H,1H3/b14-12+. The zero-order chi connectivity index (χ0) is 17.4. The van der Waals surface area contributed by atoms with Crippen LogP contribution in [0.1, 0.15) is 12.5 Å². The molecule has 4 rings (SSSR count). The van der Waals surface area contributed by atoms with Gasteiger partial charge in [-0.1, -0.05) is 54.6 Å². The van der Waals surface area contributed by atoms with E-state index in [0.29, 0.717) is 0 Å². The number of fused-ring (bicyclic) bond motifs is 2. The molecule has 25 heavy (non-hydrogen) atoms. The average molecular weight is 328 g/mol. The van der Waals surface area contributed by atoms with Crippen LogP contribution in [0.3, 0.4) is 0 Å². The Balaban J connectivity index is 1.99. The molecule has 0 saturated carbocycles. The Morgan fingerprint density at radius 3 is 2.52 bits per heavy atom. The minimum Gasteiger partial charge on any atom is -0.354 e. The summed E-state index contributed by atoms with van der Waals surface area (Å²) in [5.74, 6) is 0. The van der Waals surface area contributed by atoms with Crippen molar-refractivity contribution in [2.75, 3.05) is 0 Å². The Kier molecular flexibility index (Phi) is 3.58. The molecule has 1 N–H and O–H groups in total. The summed E-state index contributed by atoms with van der Waals surface area (Å²) in [6, 6.07) is 22.3. The number of aromatic amines is 1. The minimum absolute atomic E-state index is 0.117. The van der Waals surface area contributed by atoms with E-state index in [1.807, 2.05) is 42.5 Å². The van der Waals surface area contributed by atoms with Gasteiger partial charge in [-0.25, -0.2) is 0 Å². The van der Waals surface area contributed by atoms with Gasteiger partial charge in [-0.05, 0) is 28.5 Å². The number of benzene rings is 3. The molecule has 0 unspecified atom stereocenters. The molecule has 0 fully saturated rings. The molecule has 4 aromatic rings. The summed E-state index contributed by atoms with van der Waals surface area (Å²) in [6.07, 6.45) is 1.64. The van der Waals surface area contributed by atoms with E-state index in [-0.39, 0.29) is 10.6 Å². The zero-order valence-corrected chi connectivity index (χ0v) is 13.7. The average Bonchev–Trinajstić information content (AvgIpc) is 3.00. The Bertz CT molecular complexity index is 1140. The van der Waals surface area contributed by atoms with E-state index >= 15 is 0 Å². The van der Waals surface area contributed by atoms with Crippen molar-refractivity contribution in [3.05, 3.63) is 88.1 Å². The van der Waals surface area contributed by atoms with Crippen molar-refractivity contribution in [1.29, 1.82) is 0 Å². The van der Waals surface area contributed by atoms with Crippen LogP contribution in [0.15, 0.2) is 72.4 Å². The zero-order valence-electron chi connectivity index (χ0n) is 13.7. The summed E-state index contributed by atoms with van der Waals surface area (Å²) >= 11 is 0. The Labute approximate surface area is 144 Å².